The van der Waals surface area contributed by atoms with Crippen molar-refractivity contribution in [2.75, 3.05) is 11.9 Å². The number of primary amides is 1. The maximum Gasteiger partial charge on any atom is 0.261 e. The second-order valence-electron chi connectivity index (χ2n) is 3.47. The zero-order valence-corrected chi connectivity index (χ0v) is 10.4. The minimum absolute atomic E-state index is 0.229. The third kappa shape index (κ3) is 4.15. The Morgan fingerprint density at radius 1 is 1.44 bits per heavy atom. The summed E-state index contributed by atoms with van der Waals surface area (Å²) in [7, 11) is 0. The van der Waals surface area contributed by atoms with Crippen molar-refractivity contribution in [1.82, 2.24) is 5.32 Å². The lowest BCUT2D eigenvalue weighted by Gasteiger charge is -2.07. The Balaban J connectivity index is 2.54. The summed E-state index contributed by atoms with van der Waals surface area (Å²) in [5, 5.41) is 14.5. The predicted molar refractivity (Wildman–Crippen MR) is 66.2 cm³/mol. The van der Waals surface area contributed by atoms with Gasteiger partial charge in [0.2, 0.25) is 11.8 Å². The highest BCUT2D eigenvalue weighted by molar-refractivity contribution is 7.18. The Bertz CT molecular complexity index is 471. The summed E-state index contributed by atoms with van der Waals surface area (Å²) >= 11 is 1.09. The maximum absolute atomic E-state index is 11.6. The van der Waals surface area contributed by atoms with E-state index in [-0.39, 0.29) is 12.5 Å². The van der Waals surface area contributed by atoms with Crippen LogP contribution < -0.4 is 16.4 Å². The smallest absolute Gasteiger partial charge is 0.261 e. The van der Waals surface area contributed by atoms with Crippen LogP contribution in [0.4, 0.5) is 5.00 Å². The van der Waals surface area contributed by atoms with Crippen molar-refractivity contribution in [2.24, 2.45) is 5.73 Å². The summed E-state index contributed by atoms with van der Waals surface area (Å²) in [5.41, 5.74) is 4.83. The van der Waals surface area contributed by atoms with E-state index in [1.807, 2.05) is 0 Å². The molecular formula is C10H13N3O4S. The molecule has 0 aliphatic carbocycles. The highest BCUT2D eigenvalue weighted by Gasteiger charge is 2.14. The molecular weight excluding hydrogens is 258 g/mol. The molecule has 0 fully saturated rings. The largest absolute Gasteiger partial charge is 0.381 e. The second-order valence-corrected chi connectivity index (χ2v) is 4.56. The summed E-state index contributed by atoms with van der Waals surface area (Å²) in [6, 6.07) is 3.12. The van der Waals surface area contributed by atoms with Crippen LogP contribution in [0.3, 0.4) is 0 Å². The molecule has 0 aliphatic rings. The Labute approximate surface area is 107 Å². The van der Waals surface area contributed by atoms with Crippen molar-refractivity contribution in [3.8, 4) is 0 Å². The van der Waals surface area contributed by atoms with Gasteiger partial charge in [0.25, 0.3) is 5.91 Å². The van der Waals surface area contributed by atoms with E-state index in [9.17, 15) is 14.4 Å². The molecule has 0 saturated heterocycles. The predicted octanol–water partition coefficient (Wildman–Crippen LogP) is -0.718. The van der Waals surface area contributed by atoms with Crippen molar-refractivity contribution in [2.45, 2.75) is 13.0 Å². The molecule has 98 valence electrons. The van der Waals surface area contributed by atoms with Gasteiger partial charge in [0.1, 0.15) is 6.10 Å². The highest BCUT2D eigenvalue weighted by atomic mass is 32.1. The molecule has 1 aromatic heterocycles. The Kier molecular flexibility index (Phi) is 4.81. The van der Waals surface area contributed by atoms with Crippen LogP contribution in [0.2, 0.25) is 0 Å². The summed E-state index contributed by atoms with van der Waals surface area (Å²) < 4.78 is 0. The van der Waals surface area contributed by atoms with E-state index >= 15 is 0 Å². The van der Waals surface area contributed by atoms with Gasteiger partial charge in [-0.15, -0.1) is 11.3 Å². The minimum Gasteiger partial charge on any atom is -0.381 e. The molecule has 8 heteroatoms. The zero-order chi connectivity index (χ0) is 13.7. The first kappa shape index (κ1) is 14.1. The fourth-order valence-corrected chi connectivity index (χ4v) is 1.95. The van der Waals surface area contributed by atoms with Gasteiger partial charge >= 0.3 is 0 Å². The molecule has 3 amide bonds. The van der Waals surface area contributed by atoms with Crippen LogP contribution in [0.1, 0.15) is 16.6 Å². The standard InChI is InChI=1S/C10H13N3O4S/c1-5(14)13-8-3-2-7(18-8)10(17)12-4-6(15)9(11)16/h2-3,6,15H,4H2,1H3,(H2,11,16)(H,12,17)(H,13,14). The Morgan fingerprint density at radius 2 is 2.11 bits per heavy atom. The van der Waals surface area contributed by atoms with Gasteiger partial charge in [-0.3, -0.25) is 14.4 Å². The summed E-state index contributed by atoms with van der Waals surface area (Å²) in [6.45, 7) is 1.12. The lowest BCUT2D eigenvalue weighted by Crippen LogP contribution is -2.39. The number of carbonyl (C=O) groups excluding carboxylic acids is 3. The van der Waals surface area contributed by atoms with Crippen LogP contribution >= 0.6 is 11.3 Å². The minimum atomic E-state index is -1.41. The Hall–Kier alpha value is -1.93. The van der Waals surface area contributed by atoms with Crippen LogP contribution in [-0.4, -0.2) is 35.5 Å². The van der Waals surface area contributed by atoms with Gasteiger partial charge in [-0.2, -0.15) is 0 Å². The number of amides is 3. The number of rotatable bonds is 5. The van der Waals surface area contributed by atoms with Crippen LogP contribution in [-0.2, 0) is 9.59 Å². The summed E-state index contributed by atoms with van der Waals surface area (Å²) in [6.07, 6.45) is -1.41. The number of carbonyl (C=O) groups is 3. The molecule has 0 bridgehead atoms. The molecule has 1 rings (SSSR count). The van der Waals surface area contributed by atoms with E-state index in [1.54, 1.807) is 6.07 Å². The molecule has 0 aromatic carbocycles. The lowest BCUT2D eigenvalue weighted by atomic mass is 10.3. The number of aliphatic hydroxyl groups excluding tert-OH is 1. The number of hydrogen-bond acceptors (Lipinski definition) is 5. The van der Waals surface area contributed by atoms with E-state index in [2.05, 4.69) is 10.6 Å². The fourth-order valence-electron chi connectivity index (χ4n) is 1.08. The quantitative estimate of drug-likeness (QED) is 0.564. The lowest BCUT2D eigenvalue weighted by molar-refractivity contribution is -0.125. The first-order chi connectivity index (χ1) is 8.40. The third-order valence-electron chi connectivity index (χ3n) is 1.91. The molecule has 1 heterocycles. The number of hydrogen-bond donors (Lipinski definition) is 4. The number of nitrogens with two attached hydrogens (primary N) is 1. The van der Waals surface area contributed by atoms with Crippen molar-refractivity contribution < 1.29 is 19.5 Å². The third-order valence-corrected chi connectivity index (χ3v) is 2.91. The van der Waals surface area contributed by atoms with Crippen molar-refractivity contribution in [3.05, 3.63) is 17.0 Å². The molecule has 7 nitrogen and oxygen atoms in total. The molecule has 0 aliphatic heterocycles. The monoisotopic (exact) mass is 271 g/mol. The first-order valence-electron chi connectivity index (χ1n) is 5.03. The number of anilines is 1. The van der Waals surface area contributed by atoms with Crippen LogP contribution in [0.25, 0.3) is 0 Å². The van der Waals surface area contributed by atoms with Gasteiger partial charge in [-0.25, -0.2) is 0 Å². The zero-order valence-electron chi connectivity index (χ0n) is 9.60. The molecule has 1 aromatic rings. The average Bonchev–Trinajstić information content (AvgIpc) is 2.72. The van der Waals surface area contributed by atoms with E-state index in [1.165, 1.54) is 13.0 Å². The summed E-state index contributed by atoms with van der Waals surface area (Å²) in [5.74, 6) is -1.58. The van der Waals surface area contributed by atoms with Crippen LogP contribution in [0.15, 0.2) is 12.1 Å². The van der Waals surface area contributed by atoms with E-state index in [4.69, 9.17) is 10.8 Å². The second kappa shape index (κ2) is 6.12. The van der Waals surface area contributed by atoms with Crippen LogP contribution in [0, 0.1) is 0 Å². The van der Waals surface area contributed by atoms with Gasteiger partial charge in [-0.05, 0) is 12.1 Å². The van der Waals surface area contributed by atoms with Crippen molar-refractivity contribution in [1.29, 1.82) is 0 Å². The highest BCUT2D eigenvalue weighted by Crippen LogP contribution is 2.21. The molecule has 18 heavy (non-hydrogen) atoms. The van der Waals surface area contributed by atoms with E-state index in [0.29, 0.717) is 9.88 Å². The topological polar surface area (TPSA) is 122 Å². The van der Waals surface area contributed by atoms with Crippen LogP contribution in [0.5, 0.6) is 0 Å². The Morgan fingerprint density at radius 3 is 2.67 bits per heavy atom. The van der Waals surface area contributed by atoms with Gasteiger partial charge in [0.05, 0.1) is 16.4 Å². The van der Waals surface area contributed by atoms with Gasteiger partial charge in [-0.1, -0.05) is 0 Å². The normalized spacial score (nSPS) is 11.7. The maximum atomic E-state index is 11.6. The van der Waals surface area contributed by atoms with Crippen molar-refractivity contribution in [3.63, 3.8) is 0 Å². The molecule has 5 N–H and O–H groups in total. The molecule has 0 saturated carbocycles. The van der Waals surface area contributed by atoms with Gasteiger partial charge < -0.3 is 21.5 Å². The average molecular weight is 271 g/mol. The SMILES string of the molecule is CC(=O)Nc1ccc(C(=O)NCC(O)C(N)=O)s1. The molecule has 0 radical (unpaired) electrons. The fraction of sp³-hybridized carbons (Fsp3) is 0.300. The van der Waals surface area contributed by atoms with Gasteiger partial charge in [0.15, 0.2) is 0 Å². The number of nitrogens with one attached hydrogen (secondary N) is 2. The van der Waals surface area contributed by atoms with Gasteiger partial charge in [0, 0.05) is 6.92 Å². The van der Waals surface area contributed by atoms with E-state index < -0.39 is 17.9 Å². The number of thiophene rings is 1. The van der Waals surface area contributed by atoms with Crippen molar-refractivity contribution >= 4 is 34.1 Å². The molecule has 1 atom stereocenters. The molecule has 1 unspecified atom stereocenters. The molecule has 0 spiro atoms. The summed E-state index contributed by atoms with van der Waals surface area (Å²) in [4.78, 5) is 33.3. The first-order valence-corrected chi connectivity index (χ1v) is 5.85. The number of aliphatic hydroxyl groups is 1. The van der Waals surface area contributed by atoms with E-state index in [0.717, 1.165) is 11.3 Å².